The van der Waals surface area contributed by atoms with Gasteiger partial charge in [-0.2, -0.15) is 4.98 Å². The third-order valence-corrected chi connectivity index (χ3v) is 5.47. The van der Waals surface area contributed by atoms with Gasteiger partial charge in [0.15, 0.2) is 5.82 Å². The van der Waals surface area contributed by atoms with Gasteiger partial charge in [-0.15, -0.1) is 0 Å². The van der Waals surface area contributed by atoms with E-state index in [0.717, 1.165) is 31.2 Å². The number of hydrogen-bond donors (Lipinski definition) is 0. The first-order valence-corrected chi connectivity index (χ1v) is 12.0. The summed E-state index contributed by atoms with van der Waals surface area (Å²) in [5.74, 6) is 0.978. The van der Waals surface area contributed by atoms with Gasteiger partial charge in [-0.1, -0.05) is 82.6 Å². The van der Waals surface area contributed by atoms with Gasteiger partial charge in [0.25, 0.3) is 0 Å². The minimum absolute atomic E-state index is 0.0171. The summed E-state index contributed by atoms with van der Waals surface area (Å²) in [5.41, 5.74) is 2.26. The van der Waals surface area contributed by atoms with Crippen molar-refractivity contribution in [2.75, 3.05) is 13.3 Å². The zero-order chi connectivity index (χ0) is 22.2. The Balaban J connectivity index is 1.75. The second-order valence-corrected chi connectivity index (χ2v) is 8.23. The highest BCUT2D eigenvalue weighted by Crippen LogP contribution is 2.20. The highest BCUT2D eigenvalue weighted by atomic mass is 19.1. The third-order valence-electron chi connectivity index (χ3n) is 5.47. The molecule has 0 saturated heterocycles. The topological polar surface area (TPSA) is 35.0 Å². The number of rotatable bonds is 17. The van der Waals surface area contributed by atoms with Crippen LogP contribution in [0.2, 0.25) is 0 Å². The van der Waals surface area contributed by atoms with E-state index in [0.29, 0.717) is 24.5 Å². The van der Waals surface area contributed by atoms with Gasteiger partial charge < -0.3 is 4.74 Å². The van der Waals surface area contributed by atoms with Crippen molar-refractivity contribution in [3.63, 3.8) is 0 Å². The summed E-state index contributed by atoms with van der Waals surface area (Å²) in [5, 5.41) is 0. The second kappa shape index (κ2) is 15.7. The molecule has 2 rings (SSSR count). The molecule has 0 bridgehead atoms. The maximum atomic E-state index is 14.0. The molecule has 3 nitrogen and oxygen atoms in total. The van der Waals surface area contributed by atoms with Crippen molar-refractivity contribution in [3.05, 3.63) is 42.1 Å². The fourth-order valence-corrected chi connectivity index (χ4v) is 3.56. The molecule has 0 aliphatic rings. The van der Waals surface area contributed by atoms with Gasteiger partial charge in [-0.3, -0.25) is 4.39 Å². The number of hydrogen-bond acceptors (Lipinski definition) is 3. The fraction of sp³-hybridized carbons (Fsp3) is 0.615. The number of ether oxygens (including phenoxy) is 1. The molecule has 1 aromatic carbocycles. The number of nitrogens with zero attached hydrogens (tertiary/aromatic N) is 2. The normalized spacial score (nSPS) is 12.1. The average Bonchev–Trinajstić information content (AvgIpc) is 2.80. The number of benzene rings is 1. The van der Waals surface area contributed by atoms with E-state index >= 15 is 0 Å². The average molecular weight is 433 g/mol. The van der Waals surface area contributed by atoms with Gasteiger partial charge >= 0.3 is 0 Å². The van der Waals surface area contributed by atoms with Crippen molar-refractivity contribution >= 4 is 0 Å². The van der Waals surface area contributed by atoms with E-state index in [2.05, 4.69) is 29.0 Å². The van der Waals surface area contributed by atoms with E-state index in [9.17, 15) is 8.78 Å². The number of aromatic nitrogens is 2. The van der Waals surface area contributed by atoms with Crippen molar-refractivity contribution in [3.8, 4) is 17.3 Å². The van der Waals surface area contributed by atoms with E-state index in [-0.39, 0.29) is 13.3 Å². The van der Waals surface area contributed by atoms with Crippen LogP contribution in [0, 0.1) is 0 Å². The smallest absolute Gasteiger partial charge is 0.216 e. The van der Waals surface area contributed by atoms with Crippen molar-refractivity contribution in [2.45, 2.75) is 90.1 Å². The minimum Gasteiger partial charge on any atom is -0.474 e. The lowest BCUT2D eigenvalue weighted by atomic mass is 10.0. The molecule has 0 aliphatic carbocycles. The lowest BCUT2D eigenvalue weighted by molar-refractivity contribution is 0.179. The molecule has 0 amide bonds. The highest BCUT2D eigenvalue weighted by Gasteiger charge is 2.09. The van der Waals surface area contributed by atoms with Crippen LogP contribution in [0.4, 0.5) is 8.78 Å². The number of aryl methyl sites for hydroxylation is 1. The molecule has 31 heavy (non-hydrogen) atoms. The third kappa shape index (κ3) is 10.7. The first-order valence-electron chi connectivity index (χ1n) is 12.0. The molecule has 172 valence electrons. The molecule has 1 atom stereocenters. The fourth-order valence-electron chi connectivity index (χ4n) is 3.56. The van der Waals surface area contributed by atoms with E-state index < -0.39 is 6.17 Å². The van der Waals surface area contributed by atoms with Crippen LogP contribution in [-0.4, -0.2) is 29.4 Å². The van der Waals surface area contributed by atoms with Gasteiger partial charge in [0.05, 0.1) is 6.67 Å². The summed E-state index contributed by atoms with van der Waals surface area (Å²) < 4.78 is 31.6. The number of unbranched alkanes of at least 4 members (excludes halogenated alkanes) is 8. The van der Waals surface area contributed by atoms with Gasteiger partial charge in [0, 0.05) is 17.8 Å². The van der Waals surface area contributed by atoms with Crippen LogP contribution in [0.25, 0.3) is 11.4 Å². The van der Waals surface area contributed by atoms with Crippen LogP contribution < -0.4 is 4.74 Å². The second-order valence-electron chi connectivity index (χ2n) is 8.23. The number of halogens is 2. The molecule has 0 fully saturated rings. The molecule has 1 unspecified atom stereocenters. The van der Waals surface area contributed by atoms with E-state index in [1.165, 1.54) is 44.1 Å². The largest absolute Gasteiger partial charge is 0.474 e. The Morgan fingerprint density at radius 2 is 1.58 bits per heavy atom. The van der Waals surface area contributed by atoms with Crippen molar-refractivity contribution in [2.24, 2.45) is 0 Å². The predicted molar refractivity (Wildman–Crippen MR) is 124 cm³/mol. The zero-order valence-electron chi connectivity index (χ0n) is 19.0. The molecule has 0 aliphatic heterocycles. The quantitative estimate of drug-likeness (QED) is 0.240. The lowest BCUT2D eigenvalue weighted by Crippen LogP contribution is -2.13. The molecule has 1 heterocycles. The summed E-state index contributed by atoms with van der Waals surface area (Å²) in [7, 11) is 0. The predicted octanol–water partition coefficient (Wildman–Crippen LogP) is 7.68. The summed E-state index contributed by atoms with van der Waals surface area (Å²) in [6.45, 7) is 1.93. The van der Waals surface area contributed by atoms with Crippen molar-refractivity contribution in [1.29, 1.82) is 0 Å². The molecule has 5 heteroatoms. The standard InChI is InChI=1S/C26H38F2N2O/c1-2-3-4-5-6-9-12-22-14-16-23(17-15-22)26-29-20-18-25(30-26)31-21-24(28)13-10-7-8-11-19-27/h14-18,20,24H,2-13,19,21H2,1H3. The molecule has 0 spiro atoms. The van der Waals surface area contributed by atoms with Crippen molar-refractivity contribution < 1.29 is 13.5 Å². The summed E-state index contributed by atoms with van der Waals surface area (Å²) >= 11 is 0. The van der Waals surface area contributed by atoms with E-state index in [1.807, 2.05) is 12.1 Å². The van der Waals surface area contributed by atoms with E-state index in [4.69, 9.17) is 4.74 Å². The molecule has 0 radical (unpaired) electrons. The van der Waals surface area contributed by atoms with Crippen LogP contribution in [0.1, 0.15) is 83.1 Å². The van der Waals surface area contributed by atoms with Crippen LogP contribution >= 0.6 is 0 Å². The summed E-state index contributed by atoms with van der Waals surface area (Å²) in [6, 6.07) is 10.0. The van der Waals surface area contributed by atoms with Gasteiger partial charge in [0.1, 0.15) is 12.8 Å². The zero-order valence-corrected chi connectivity index (χ0v) is 19.0. The Kier molecular flexibility index (Phi) is 12.8. The molecule has 0 saturated carbocycles. The highest BCUT2D eigenvalue weighted by molar-refractivity contribution is 5.55. The molecular formula is C26H38F2N2O. The SMILES string of the molecule is CCCCCCCCc1ccc(-c2nccc(OCC(F)CCCCCCF)n2)cc1. The van der Waals surface area contributed by atoms with Crippen molar-refractivity contribution in [1.82, 2.24) is 9.97 Å². The van der Waals surface area contributed by atoms with Gasteiger partial charge in [0.2, 0.25) is 5.88 Å². The number of alkyl halides is 2. The van der Waals surface area contributed by atoms with Gasteiger partial charge in [-0.25, -0.2) is 9.37 Å². The van der Waals surface area contributed by atoms with Crippen LogP contribution in [-0.2, 0) is 6.42 Å². The lowest BCUT2D eigenvalue weighted by Gasteiger charge is -2.10. The molecule has 1 aromatic heterocycles. The van der Waals surface area contributed by atoms with Crippen LogP contribution in [0.15, 0.2) is 36.5 Å². The molecular weight excluding hydrogens is 394 g/mol. The summed E-state index contributed by atoms with van der Waals surface area (Å²) in [4.78, 5) is 8.76. The minimum atomic E-state index is -1.04. The monoisotopic (exact) mass is 432 g/mol. The van der Waals surface area contributed by atoms with E-state index in [1.54, 1.807) is 12.3 Å². The first kappa shape index (κ1) is 25.2. The Morgan fingerprint density at radius 1 is 0.871 bits per heavy atom. The Bertz CT molecular complexity index is 709. The first-order chi connectivity index (χ1) is 15.2. The summed E-state index contributed by atoms with van der Waals surface area (Å²) in [6.07, 6.45) is 12.9. The Hall–Kier alpha value is -2.04. The van der Waals surface area contributed by atoms with Crippen LogP contribution in [0.5, 0.6) is 5.88 Å². The maximum absolute atomic E-state index is 14.0. The maximum Gasteiger partial charge on any atom is 0.216 e. The Labute approximate surface area is 186 Å². The Morgan fingerprint density at radius 3 is 2.35 bits per heavy atom. The molecule has 0 N–H and O–H groups in total. The van der Waals surface area contributed by atoms with Gasteiger partial charge in [-0.05, 0) is 31.2 Å². The molecule has 2 aromatic rings. The van der Waals surface area contributed by atoms with Crippen LogP contribution in [0.3, 0.4) is 0 Å².